The van der Waals surface area contributed by atoms with Crippen LogP contribution < -0.4 is 36.0 Å². The third kappa shape index (κ3) is 8.77. The molecule has 4 aliphatic heterocycles. The first-order chi connectivity index (χ1) is 31.7. The number of imide groups is 1. The molecule has 2 aromatic heterocycles. The zero-order valence-electron chi connectivity index (χ0n) is 37.8. The third-order valence-corrected chi connectivity index (χ3v) is 14.5. The Morgan fingerprint density at radius 1 is 0.970 bits per heavy atom. The number of anilines is 4. The van der Waals surface area contributed by atoms with Crippen molar-refractivity contribution in [2.24, 2.45) is 0 Å². The average molecular weight is 944 g/mol. The third-order valence-electron chi connectivity index (χ3n) is 13.8. The molecule has 3 N–H and O–H groups in total. The zero-order chi connectivity index (χ0) is 46.6. The van der Waals surface area contributed by atoms with Gasteiger partial charge < -0.3 is 39.4 Å². The minimum absolute atomic E-state index is 0.0898. The van der Waals surface area contributed by atoms with Gasteiger partial charge in [-0.1, -0.05) is 23.2 Å². The summed E-state index contributed by atoms with van der Waals surface area (Å²) in [7, 11) is 1.51. The molecule has 3 atom stereocenters. The van der Waals surface area contributed by atoms with E-state index in [-0.39, 0.29) is 72.4 Å². The zero-order valence-corrected chi connectivity index (χ0v) is 39.3. The highest BCUT2D eigenvalue weighted by Crippen LogP contribution is 2.45. The lowest BCUT2D eigenvalue weighted by atomic mass is 9.86. The molecule has 17 nitrogen and oxygen atoms in total. The molecule has 1 aliphatic carbocycles. The van der Waals surface area contributed by atoms with Crippen molar-refractivity contribution in [2.45, 2.75) is 109 Å². The van der Waals surface area contributed by atoms with Gasteiger partial charge in [0.1, 0.15) is 11.1 Å². The second-order valence-corrected chi connectivity index (χ2v) is 19.1. The van der Waals surface area contributed by atoms with E-state index in [4.69, 9.17) is 37.7 Å². The Morgan fingerprint density at radius 2 is 1.74 bits per heavy atom. The fraction of sp³-hybridized carbons (Fsp3) is 0.511. The van der Waals surface area contributed by atoms with Gasteiger partial charge >= 0.3 is 0 Å². The number of fused-ring (bicyclic) bond motifs is 2. The molecule has 2 aromatic carbocycles. The number of rotatable bonds is 12. The van der Waals surface area contributed by atoms with E-state index >= 15 is 0 Å². The second-order valence-electron chi connectivity index (χ2n) is 18.3. The van der Waals surface area contributed by atoms with Crippen LogP contribution in [-0.4, -0.2) is 125 Å². The fourth-order valence-electron chi connectivity index (χ4n) is 10.3. The molecular formula is C47H56Cl2N10O7. The van der Waals surface area contributed by atoms with Gasteiger partial charge in [0.25, 0.3) is 17.4 Å². The molecule has 66 heavy (non-hydrogen) atoms. The number of carbonyl (C=O) groups excluding carboxylic acids is 4. The number of piperazine rings is 1. The van der Waals surface area contributed by atoms with Crippen molar-refractivity contribution >= 4 is 80.9 Å². The minimum atomic E-state index is -0.703. The van der Waals surface area contributed by atoms with Gasteiger partial charge in [0.05, 0.1) is 40.7 Å². The van der Waals surface area contributed by atoms with E-state index in [1.54, 1.807) is 21.7 Å². The minimum Gasteiger partial charge on any atom is -0.478 e. The van der Waals surface area contributed by atoms with Crippen LogP contribution in [0.25, 0.3) is 10.9 Å². The number of benzene rings is 2. The summed E-state index contributed by atoms with van der Waals surface area (Å²) in [5, 5.41) is 9.89. The maximum Gasteiger partial charge on any atom is 0.293 e. The highest BCUT2D eigenvalue weighted by molar-refractivity contribution is 6.35. The van der Waals surface area contributed by atoms with Crippen molar-refractivity contribution < 1.29 is 28.7 Å². The standard InChI is InChI=1S/C47H56Cl2N10O7/c1-25(2)58-35-8-6-29(18-28(35)19-38(46(58)64)65-24-40(61)50-5)52-43-34(48)22-51-47(54-43)55-14-12-31(13-15-55)66-32-20-30(21-32)56-16-17-57(26(3)23-56)36-9-7-33-41(42(36)49)27(4)59(45(33)63)37-10-11-39(60)53-44(37)62/h6-9,18-19,22,25-27,30-32,37H,10-17,20-21,23-24H2,1-5H3,(H,50,61)(H,51,52,54)(H,53,60,62)/t26-,27-,30-,32-,37-/m1/s1. The molecule has 1 saturated carbocycles. The van der Waals surface area contributed by atoms with Crippen molar-refractivity contribution in [1.29, 1.82) is 0 Å². The normalized spacial score (nSPS) is 23.8. The molecule has 4 aromatic rings. The fourth-order valence-corrected chi connectivity index (χ4v) is 10.8. The first kappa shape index (κ1) is 45.7. The predicted octanol–water partition coefficient (Wildman–Crippen LogP) is 5.60. The van der Waals surface area contributed by atoms with Gasteiger partial charge in [0.15, 0.2) is 18.2 Å². The van der Waals surface area contributed by atoms with E-state index in [9.17, 15) is 24.0 Å². The number of aromatic nitrogens is 3. The molecule has 0 unspecified atom stereocenters. The van der Waals surface area contributed by atoms with Crippen LogP contribution in [0.1, 0.15) is 94.2 Å². The van der Waals surface area contributed by atoms with Crippen LogP contribution in [0, 0.1) is 0 Å². The van der Waals surface area contributed by atoms with E-state index in [0.29, 0.717) is 45.5 Å². The Hall–Kier alpha value is -5.49. The Balaban J connectivity index is 0.762. The Bertz CT molecular complexity index is 2630. The first-order valence-corrected chi connectivity index (χ1v) is 23.7. The number of piperidine rings is 2. The number of nitrogens with one attached hydrogen (secondary N) is 3. The highest BCUT2D eigenvalue weighted by Gasteiger charge is 2.45. The summed E-state index contributed by atoms with van der Waals surface area (Å²) in [6, 6.07) is 10.5. The number of nitrogens with zero attached hydrogens (tertiary/aromatic N) is 7. The predicted molar refractivity (Wildman–Crippen MR) is 252 cm³/mol. The van der Waals surface area contributed by atoms with Crippen LogP contribution >= 0.6 is 23.2 Å². The molecular weight excluding hydrogens is 887 g/mol. The van der Waals surface area contributed by atoms with Gasteiger partial charge in [0.2, 0.25) is 17.8 Å². The molecule has 3 saturated heterocycles. The number of ether oxygens (including phenoxy) is 2. The number of amides is 4. The summed E-state index contributed by atoms with van der Waals surface area (Å²) in [4.78, 5) is 81.2. The number of pyridine rings is 1. The lowest BCUT2D eigenvalue weighted by Gasteiger charge is -2.50. The first-order valence-electron chi connectivity index (χ1n) is 22.9. The van der Waals surface area contributed by atoms with Gasteiger partial charge in [-0.15, -0.1) is 0 Å². The Morgan fingerprint density at radius 3 is 2.45 bits per heavy atom. The van der Waals surface area contributed by atoms with Gasteiger partial charge in [0, 0.05) is 86.5 Å². The SMILES string of the molecule is CNC(=O)COc1cc2cc(Nc3nc(N4CCC(O[C@H]5C[C@H](N6CCN(c7ccc8c(c7Cl)[C@@H](C)N([C@@H]7CCC(=O)NC7=O)C8=O)[C@H](C)C6)C5)CC4)ncc3Cl)ccc2n(C(C)C)c1=O. The molecule has 0 spiro atoms. The van der Waals surface area contributed by atoms with Crippen LogP contribution in [0.15, 0.2) is 47.4 Å². The van der Waals surface area contributed by atoms with Crippen LogP contribution in [0.5, 0.6) is 5.75 Å². The van der Waals surface area contributed by atoms with Crippen molar-refractivity contribution in [1.82, 2.24) is 35.0 Å². The summed E-state index contributed by atoms with van der Waals surface area (Å²) >= 11 is 13.7. The van der Waals surface area contributed by atoms with Gasteiger partial charge in [-0.2, -0.15) is 4.98 Å². The number of likely N-dealkylation sites (N-methyl/N-ethyl adjacent to an activating group) is 1. The Labute approximate surface area is 393 Å². The maximum absolute atomic E-state index is 13.5. The number of hydrogen-bond donors (Lipinski definition) is 3. The molecule has 19 heteroatoms. The lowest BCUT2D eigenvalue weighted by Crippen LogP contribution is -2.59. The maximum atomic E-state index is 13.5. The smallest absolute Gasteiger partial charge is 0.293 e. The summed E-state index contributed by atoms with van der Waals surface area (Å²) in [5.41, 5.74) is 3.29. The van der Waals surface area contributed by atoms with Crippen molar-refractivity contribution in [3.63, 3.8) is 0 Å². The summed E-state index contributed by atoms with van der Waals surface area (Å²) < 4.78 is 13.9. The topological polar surface area (TPSA) is 184 Å². The van der Waals surface area contributed by atoms with Crippen molar-refractivity contribution in [2.75, 3.05) is 61.5 Å². The van der Waals surface area contributed by atoms with Crippen LogP contribution in [0.3, 0.4) is 0 Å². The largest absolute Gasteiger partial charge is 0.478 e. The number of halogens is 2. The van der Waals surface area contributed by atoms with Gasteiger partial charge in [-0.25, -0.2) is 4.98 Å². The molecule has 0 radical (unpaired) electrons. The summed E-state index contributed by atoms with van der Waals surface area (Å²) in [6.07, 6.45) is 6.18. The van der Waals surface area contributed by atoms with E-state index < -0.39 is 11.9 Å². The molecule has 350 valence electrons. The van der Waals surface area contributed by atoms with Crippen molar-refractivity contribution in [3.05, 3.63) is 74.1 Å². The molecule has 4 fully saturated rings. The van der Waals surface area contributed by atoms with Crippen LogP contribution in [0.2, 0.25) is 10.0 Å². The van der Waals surface area contributed by atoms with Crippen molar-refractivity contribution in [3.8, 4) is 5.75 Å². The quantitative estimate of drug-likeness (QED) is 0.150. The van der Waals surface area contributed by atoms with E-state index in [1.807, 2.05) is 51.1 Å². The van der Waals surface area contributed by atoms with Gasteiger partial charge in [-0.05, 0) is 96.2 Å². The molecule has 5 aliphatic rings. The highest BCUT2D eigenvalue weighted by atomic mass is 35.5. The van der Waals surface area contributed by atoms with E-state index in [0.717, 1.165) is 80.6 Å². The van der Waals surface area contributed by atoms with E-state index in [2.05, 4.69) is 42.6 Å². The Kier molecular flexibility index (Phi) is 12.9. The summed E-state index contributed by atoms with van der Waals surface area (Å²) in [5.74, 6) is -0.182. The van der Waals surface area contributed by atoms with Gasteiger partial charge in [-0.3, -0.25) is 34.2 Å². The summed E-state index contributed by atoms with van der Waals surface area (Å²) in [6.45, 7) is 11.8. The number of carbonyl (C=O) groups is 4. The molecule has 0 bridgehead atoms. The van der Waals surface area contributed by atoms with Crippen LogP contribution in [0.4, 0.5) is 23.1 Å². The molecule has 9 rings (SSSR count). The van der Waals surface area contributed by atoms with E-state index in [1.165, 1.54) is 7.05 Å². The number of hydrogen-bond acceptors (Lipinski definition) is 13. The average Bonchev–Trinajstić information content (AvgIpc) is 3.53. The second kappa shape index (κ2) is 18.7. The lowest BCUT2D eigenvalue weighted by molar-refractivity contribution is -0.137. The monoisotopic (exact) mass is 942 g/mol. The molecule has 6 heterocycles. The van der Waals surface area contributed by atoms with Crippen LogP contribution in [-0.2, 0) is 19.1 Å². The molecule has 4 amide bonds.